The zero-order chi connectivity index (χ0) is 13.8. The van der Waals surface area contributed by atoms with E-state index in [4.69, 9.17) is 0 Å². The van der Waals surface area contributed by atoms with Crippen molar-refractivity contribution in [1.29, 1.82) is 0 Å². The largest absolute Gasteiger partial charge is 0.345 e. The predicted molar refractivity (Wildman–Crippen MR) is 82.7 cm³/mol. The first-order valence-electron chi connectivity index (χ1n) is 7.73. The summed E-state index contributed by atoms with van der Waals surface area (Å²) in [5.41, 5.74) is 3.50. The molecule has 1 aliphatic rings. The minimum absolute atomic E-state index is 0.667. The molecule has 0 spiro atoms. The van der Waals surface area contributed by atoms with E-state index in [1.807, 2.05) is 0 Å². The average molecular weight is 272 g/mol. The van der Waals surface area contributed by atoms with Crippen LogP contribution in [-0.4, -0.2) is 40.5 Å². The van der Waals surface area contributed by atoms with E-state index in [9.17, 15) is 0 Å². The molecule has 0 saturated carbocycles. The van der Waals surface area contributed by atoms with Gasteiger partial charge in [0, 0.05) is 12.6 Å². The van der Waals surface area contributed by atoms with Gasteiger partial charge in [-0.05, 0) is 56.6 Å². The summed E-state index contributed by atoms with van der Waals surface area (Å²) in [6.07, 6.45) is 5.56. The number of H-pyrrole nitrogens is 1. The van der Waals surface area contributed by atoms with Crippen molar-refractivity contribution in [3.8, 4) is 0 Å². The molecule has 2 N–H and O–H groups in total. The zero-order valence-electron chi connectivity index (χ0n) is 12.2. The zero-order valence-corrected chi connectivity index (χ0v) is 12.2. The van der Waals surface area contributed by atoms with Gasteiger partial charge in [0.2, 0.25) is 0 Å². The standard InChI is InChI=1S/C16H24N4/c1-2-7-20-8-5-14(6-9-20)17-11-13-3-4-15-16(10-13)19-12-18-15/h3-4,10,12,14,17H,2,5-9,11H2,1H3,(H,18,19). The number of hydrogen-bond donors (Lipinski definition) is 2. The Morgan fingerprint density at radius 3 is 3.00 bits per heavy atom. The first-order valence-corrected chi connectivity index (χ1v) is 7.73. The summed E-state index contributed by atoms with van der Waals surface area (Å²) in [5.74, 6) is 0. The second-order valence-electron chi connectivity index (χ2n) is 5.75. The highest BCUT2D eigenvalue weighted by Crippen LogP contribution is 2.14. The molecule has 20 heavy (non-hydrogen) atoms. The first-order chi connectivity index (χ1) is 9.85. The summed E-state index contributed by atoms with van der Waals surface area (Å²) in [6.45, 7) is 6.95. The van der Waals surface area contributed by atoms with Crippen molar-refractivity contribution in [2.24, 2.45) is 0 Å². The molecule has 1 fully saturated rings. The fourth-order valence-corrected chi connectivity index (χ4v) is 3.03. The maximum atomic E-state index is 4.25. The molecule has 1 aliphatic heterocycles. The van der Waals surface area contributed by atoms with Gasteiger partial charge in [0.15, 0.2) is 0 Å². The third-order valence-electron chi connectivity index (χ3n) is 4.21. The van der Waals surface area contributed by atoms with Gasteiger partial charge in [-0.25, -0.2) is 4.98 Å². The quantitative estimate of drug-likeness (QED) is 0.879. The van der Waals surface area contributed by atoms with Crippen LogP contribution >= 0.6 is 0 Å². The molecule has 0 atom stereocenters. The number of aromatic amines is 1. The fourth-order valence-electron chi connectivity index (χ4n) is 3.03. The van der Waals surface area contributed by atoms with Crippen LogP contribution in [0, 0.1) is 0 Å². The van der Waals surface area contributed by atoms with Gasteiger partial charge in [-0.1, -0.05) is 13.0 Å². The molecule has 2 aromatic rings. The number of nitrogens with one attached hydrogen (secondary N) is 2. The summed E-state index contributed by atoms with van der Waals surface area (Å²) in [5, 5.41) is 3.70. The van der Waals surface area contributed by atoms with Crippen molar-refractivity contribution >= 4 is 11.0 Å². The highest BCUT2D eigenvalue weighted by molar-refractivity contribution is 5.74. The molecule has 0 amide bonds. The Bertz CT molecular complexity index is 540. The van der Waals surface area contributed by atoms with E-state index in [-0.39, 0.29) is 0 Å². The Kier molecular flexibility index (Phi) is 4.33. The van der Waals surface area contributed by atoms with Gasteiger partial charge >= 0.3 is 0 Å². The van der Waals surface area contributed by atoms with Gasteiger partial charge in [-0.15, -0.1) is 0 Å². The highest BCUT2D eigenvalue weighted by Gasteiger charge is 2.17. The molecule has 0 bridgehead atoms. The van der Waals surface area contributed by atoms with E-state index in [1.54, 1.807) is 6.33 Å². The summed E-state index contributed by atoms with van der Waals surface area (Å²) < 4.78 is 0. The molecule has 4 heteroatoms. The van der Waals surface area contributed by atoms with E-state index in [0.29, 0.717) is 6.04 Å². The van der Waals surface area contributed by atoms with E-state index in [2.05, 4.69) is 45.3 Å². The molecular formula is C16H24N4. The summed E-state index contributed by atoms with van der Waals surface area (Å²) in [4.78, 5) is 10.0. The Morgan fingerprint density at radius 2 is 2.20 bits per heavy atom. The summed E-state index contributed by atoms with van der Waals surface area (Å²) in [7, 11) is 0. The molecule has 1 aromatic heterocycles. The molecular weight excluding hydrogens is 248 g/mol. The Balaban J connectivity index is 1.50. The highest BCUT2D eigenvalue weighted by atomic mass is 15.1. The molecule has 3 rings (SSSR count). The minimum Gasteiger partial charge on any atom is -0.345 e. The number of imidazole rings is 1. The molecule has 0 radical (unpaired) electrons. The predicted octanol–water partition coefficient (Wildman–Crippen LogP) is 2.53. The number of likely N-dealkylation sites (tertiary alicyclic amines) is 1. The lowest BCUT2D eigenvalue weighted by atomic mass is 10.0. The van der Waals surface area contributed by atoms with Crippen LogP contribution < -0.4 is 5.32 Å². The Labute approximate surface area is 120 Å². The van der Waals surface area contributed by atoms with Crippen LogP contribution in [0.15, 0.2) is 24.5 Å². The van der Waals surface area contributed by atoms with Crippen molar-refractivity contribution in [2.45, 2.75) is 38.8 Å². The van der Waals surface area contributed by atoms with E-state index < -0.39 is 0 Å². The van der Waals surface area contributed by atoms with Crippen molar-refractivity contribution in [3.63, 3.8) is 0 Å². The topological polar surface area (TPSA) is 44.0 Å². The van der Waals surface area contributed by atoms with Gasteiger partial charge in [-0.3, -0.25) is 0 Å². The minimum atomic E-state index is 0.667. The van der Waals surface area contributed by atoms with Crippen LogP contribution in [0.3, 0.4) is 0 Å². The van der Waals surface area contributed by atoms with Gasteiger partial charge in [0.25, 0.3) is 0 Å². The number of hydrogen-bond acceptors (Lipinski definition) is 3. The monoisotopic (exact) mass is 272 g/mol. The number of benzene rings is 1. The van der Waals surface area contributed by atoms with Crippen molar-refractivity contribution in [2.75, 3.05) is 19.6 Å². The van der Waals surface area contributed by atoms with Crippen LogP contribution in [0.4, 0.5) is 0 Å². The van der Waals surface area contributed by atoms with E-state index in [0.717, 1.165) is 17.6 Å². The summed E-state index contributed by atoms with van der Waals surface area (Å²) in [6, 6.07) is 7.12. The second kappa shape index (κ2) is 6.37. The normalized spacial score (nSPS) is 17.9. The maximum Gasteiger partial charge on any atom is 0.0931 e. The Morgan fingerprint density at radius 1 is 1.35 bits per heavy atom. The molecule has 4 nitrogen and oxygen atoms in total. The third-order valence-corrected chi connectivity index (χ3v) is 4.21. The van der Waals surface area contributed by atoms with Crippen molar-refractivity contribution in [1.82, 2.24) is 20.2 Å². The van der Waals surface area contributed by atoms with Crippen LogP contribution in [-0.2, 0) is 6.54 Å². The Hall–Kier alpha value is -1.39. The van der Waals surface area contributed by atoms with Gasteiger partial charge in [0.1, 0.15) is 0 Å². The van der Waals surface area contributed by atoms with Gasteiger partial charge in [0.05, 0.1) is 17.4 Å². The number of fused-ring (bicyclic) bond motifs is 1. The molecule has 108 valence electrons. The smallest absolute Gasteiger partial charge is 0.0931 e. The average Bonchev–Trinajstić information content (AvgIpc) is 2.94. The number of aromatic nitrogens is 2. The number of piperidine rings is 1. The van der Waals surface area contributed by atoms with Crippen molar-refractivity contribution in [3.05, 3.63) is 30.1 Å². The summed E-state index contributed by atoms with van der Waals surface area (Å²) >= 11 is 0. The molecule has 0 unspecified atom stereocenters. The molecule has 2 heterocycles. The van der Waals surface area contributed by atoms with Crippen LogP contribution in [0.2, 0.25) is 0 Å². The van der Waals surface area contributed by atoms with E-state index >= 15 is 0 Å². The first kappa shape index (κ1) is 13.6. The van der Waals surface area contributed by atoms with E-state index in [1.165, 1.54) is 44.5 Å². The number of rotatable bonds is 5. The third kappa shape index (κ3) is 3.19. The molecule has 1 saturated heterocycles. The van der Waals surface area contributed by atoms with Crippen LogP contribution in [0.25, 0.3) is 11.0 Å². The fraction of sp³-hybridized carbons (Fsp3) is 0.562. The van der Waals surface area contributed by atoms with Crippen LogP contribution in [0.5, 0.6) is 0 Å². The maximum absolute atomic E-state index is 4.25. The lowest BCUT2D eigenvalue weighted by Gasteiger charge is -2.32. The van der Waals surface area contributed by atoms with Gasteiger partial charge < -0.3 is 15.2 Å². The SMILES string of the molecule is CCCN1CCC(NCc2ccc3nc[nH]c3c2)CC1. The molecule has 0 aliphatic carbocycles. The van der Waals surface area contributed by atoms with Gasteiger partial charge in [-0.2, -0.15) is 0 Å². The van der Waals surface area contributed by atoms with Crippen LogP contribution in [0.1, 0.15) is 31.7 Å². The lowest BCUT2D eigenvalue weighted by Crippen LogP contribution is -2.42. The van der Waals surface area contributed by atoms with Crippen molar-refractivity contribution < 1.29 is 0 Å². The molecule has 1 aromatic carbocycles. The number of nitrogens with zero attached hydrogens (tertiary/aromatic N) is 2. The lowest BCUT2D eigenvalue weighted by molar-refractivity contribution is 0.197. The second-order valence-corrected chi connectivity index (χ2v) is 5.75.